The normalized spacial score (nSPS) is 9.64. The Morgan fingerprint density at radius 2 is 2.29 bits per heavy atom. The molecule has 5 nitrogen and oxygen atoms in total. The fourth-order valence-corrected chi connectivity index (χ4v) is 1.01. The fraction of sp³-hybridized carbons (Fsp3) is 0.333. The van der Waals surface area contributed by atoms with Crippen molar-refractivity contribution in [1.29, 1.82) is 0 Å². The molecule has 0 aliphatic rings. The van der Waals surface area contributed by atoms with Crippen molar-refractivity contribution in [3.8, 4) is 11.8 Å². The molecule has 0 aromatic carbocycles. The average Bonchev–Trinajstić information content (AvgIpc) is 2.17. The summed E-state index contributed by atoms with van der Waals surface area (Å²) in [6.45, 7) is 3.75. The zero-order valence-electron chi connectivity index (χ0n) is 8.11. The number of hydrogen-bond donors (Lipinski definition) is 1. The van der Waals surface area contributed by atoms with Gasteiger partial charge >= 0.3 is 0 Å². The van der Waals surface area contributed by atoms with Crippen LogP contribution < -0.4 is 15.5 Å². The van der Waals surface area contributed by atoms with E-state index in [0.29, 0.717) is 18.1 Å². The SMILES string of the molecule is CCOc1ccc(C(C)=O)c(ON)n1. The van der Waals surface area contributed by atoms with Crippen molar-refractivity contribution in [2.45, 2.75) is 13.8 Å². The van der Waals surface area contributed by atoms with Gasteiger partial charge in [0.05, 0.1) is 12.2 Å². The van der Waals surface area contributed by atoms with E-state index in [1.54, 1.807) is 12.1 Å². The minimum Gasteiger partial charge on any atom is -0.478 e. The summed E-state index contributed by atoms with van der Waals surface area (Å²) in [6.07, 6.45) is 0. The van der Waals surface area contributed by atoms with Gasteiger partial charge in [-0.15, -0.1) is 0 Å². The van der Waals surface area contributed by atoms with Crippen molar-refractivity contribution in [3.05, 3.63) is 17.7 Å². The van der Waals surface area contributed by atoms with Crippen LogP contribution in [0.1, 0.15) is 24.2 Å². The third-order valence-corrected chi connectivity index (χ3v) is 1.62. The van der Waals surface area contributed by atoms with Crippen LogP contribution in [0.5, 0.6) is 11.8 Å². The van der Waals surface area contributed by atoms with Crippen LogP contribution in [0.3, 0.4) is 0 Å². The van der Waals surface area contributed by atoms with Gasteiger partial charge in [0.2, 0.25) is 5.88 Å². The molecular formula is C9H12N2O3. The van der Waals surface area contributed by atoms with E-state index in [1.165, 1.54) is 6.92 Å². The van der Waals surface area contributed by atoms with Gasteiger partial charge in [0.1, 0.15) is 0 Å². The Bertz CT molecular complexity index is 339. The molecule has 0 atom stereocenters. The van der Waals surface area contributed by atoms with Gasteiger partial charge in [-0.1, -0.05) is 0 Å². The Morgan fingerprint density at radius 1 is 1.57 bits per heavy atom. The highest BCUT2D eigenvalue weighted by Gasteiger charge is 2.10. The van der Waals surface area contributed by atoms with Crippen LogP contribution in [0, 0.1) is 0 Å². The van der Waals surface area contributed by atoms with E-state index in [2.05, 4.69) is 9.82 Å². The summed E-state index contributed by atoms with van der Waals surface area (Å²) < 4.78 is 5.13. The number of carbonyl (C=O) groups excluding carboxylic acids is 1. The monoisotopic (exact) mass is 196 g/mol. The van der Waals surface area contributed by atoms with E-state index < -0.39 is 0 Å². The lowest BCUT2D eigenvalue weighted by molar-refractivity contribution is 0.101. The van der Waals surface area contributed by atoms with Crippen LogP contribution >= 0.6 is 0 Å². The quantitative estimate of drug-likeness (QED) is 0.573. The molecule has 0 aliphatic carbocycles. The molecule has 0 unspecified atom stereocenters. The predicted molar refractivity (Wildman–Crippen MR) is 50.2 cm³/mol. The first kappa shape index (κ1) is 10.5. The fourth-order valence-electron chi connectivity index (χ4n) is 1.01. The first-order valence-electron chi connectivity index (χ1n) is 4.20. The van der Waals surface area contributed by atoms with Gasteiger partial charge in [-0.25, -0.2) is 0 Å². The highest BCUT2D eigenvalue weighted by Crippen LogP contribution is 2.19. The summed E-state index contributed by atoms with van der Waals surface area (Å²) in [7, 11) is 0. The van der Waals surface area contributed by atoms with Gasteiger partial charge in [0, 0.05) is 6.07 Å². The third-order valence-electron chi connectivity index (χ3n) is 1.62. The Morgan fingerprint density at radius 3 is 2.79 bits per heavy atom. The second-order valence-electron chi connectivity index (χ2n) is 2.61. The molecule has 14 heavy (non-hydrogen) atoms. The molecule has 76 valence electrons. The van der Waals surface area contributed by atoms with Crippen LogP contribution in [0.4, 0.5) is 0 Å². The summed E-state index contributed by atoms with van der Waals surface area (Å²) >= 11 is 0. The summed E-state index contributed by atoms with van der Waals surface area (Å²) in [4.78, 5) is 19.5. The summed E-state index contributed by atoms with van der Waals surface area (Å²) in [6, 6.07) is 3.17. The van der Waals surface area contributed by atoms with Crippen molar-refractivity contribution in [1.82, 2.24) is 4.98 Å². The third kappa shape index (κ3) is 2.20. The molecule has 2 N–H and O–H groups in total. The largest absolute Gasteiger partial charge is 0.478 e. The van der Waals surface area contributed by atoms with Crippen LogP contribution in [-0.4, -0.2) is 17.4 Å². The van der Waals surface area contributed by atoms with Crippen LogP contribution in [0.2, 0.25) is 0 Å². The molecule has 0 saturated heterocycles. The topological polar surface area (TPSA) is 74.4 Å². The lowest BCUT2D eigenvalue weighted by Gasteiger charge is -2.06. The second-order valence-corrected chi connectivity index (χ2v) is 2.61. The van der Waals surface area contributed by atoms with Crippen molar-refractivity contribution in [2.75, 3.05) is 6.61 Å². The summed E-state index contributed by atoms with van der Waals surface area (Å²) in [5.41, 5.74) is 0.343. The van der Waals surface area contributed by atoms with E-state index in [1.807, 2.05) is 6.92 Å². The van der Waals surface area contributed by atoms with Crippen LogP contribution in [-0.2, 0) is 0 Å². The average molecular weight is 196 g/mol. The minimum absolute atomic E-state index is 0.0865. The van der Waals surface area contributed by atoms with E-state index >= 15 is 0 Å². The molecule has 1 aromatic rings. The molecule has 0 fully saturated rings. The van der Waals surface area contributed by atoms with Crippen LogP contribution in [0.25, 0.3) is 0 Å². The number of rotatable bonds is 4. The highest BCUT2D eigenvalue weighted by atomic mass is 16.6. The van der Waals surface area contributed by atoms with Crippen molar-refractivity contribution < 1.29 is 14.4 Å². The molecule has 0 amide bonds. The first-order valence-corrected chi connectivity index (χ1v) is 4.20. The Labute approximate surface area is 81.8 Å². The van der Waals surface area contributed by atoms with Crippen LogP contribution in [0.15, 0.2) is 12.1 Å². The van der Waals surface area contributed by atoms with Crippen molar-refractivity contribution >= 4 is 5.78 Å². The lowest BCUT2D eigenvalue weighted by atomic mass is 10.2. The smallest absolute Gasteiger partial charge is 0.251 e. The molecule has 0 radical (unpaired) electrons. The zero-order chi connectivity index (χ0) is 10.6. The minimum atomic E-state index is -0.152. The van der Waals surface area contributed by atoms with Gasteiger partial charge in [-0.2, -0.15) is 10.9 Å². The highest BCUT2D eigenvalue weighted by molar-refractivity contribution is 5.96. The maximum Gasteiger partial charge on any atom is 0.251 e. The number of aromatic nitrogens is 1. The van der Waals surface area contributed by atoms with Gasteiger partial charge < -0.3 is 9.57 Å². The Balaban J connectivity index is 3.05. The lowest BCUT2D eigenvalue weighted by Crippen LogP contribution is -2.09. The number of hydrogen-bond acceptors (Lipinski definition) is 5. The molecule has 0 spiro atoms. The number of ketones is 1. The molecule has 5 heteroatoms. The second kappa shape index (κ2) is 4.57. The number of nitrogens with zero attached hydrogens (tertiary/aromatic N) is 1. The standard InChI is InChI=1S/C9H12N2O3/c1-3-13-8-5-4-7(6(2)12)9(11-8)14-10/h4-5H,3,10H2,1-2H3. The molecule has 1 heterocycles. The molecule has 1 aromatic heterocycles. The Kier molecular flexibility index (Phi) is 3.41. The number of ether oxygens (including phenoxy) is 1. The van der Waals surface area contributed by atoms with E-state index in [4.69, 9.17) is 10.6 Å². The number of pyridine rings is 1. The van der Waals surface area contributed by atoms with Gasteiger partial charge in [0.15, 0.2) is 5.78 Å². The number of Topliss-reactive ketones (excluding diaryl/α,β-unsaturated/α-hetero) is 1. The number of carbonyl (C=O) groups is 1. The summed E-state index contributed by atoms with van der Waals surface area (Å²) in [5.74, 6) is 5.30. The molecule has 0 aliphatic heterocycles. The molecule has 1 rings (SSSR count). The van der Waals surface area contributed by atoms with Gasteiger partial charge in [-0.3, -0.25) is 4.79 Å². The number of nitrogens with two attached hydrogens (primary N) is 1. The van der Waals surface area contributed by atoms with Gasteiger partial charge in [-0.05, 0) is 19.9 Å². The van der Waals surface area contributed by atoms with E-state index in [9.17, 15) is 4.79 Å². The molecular weight excluding hydrogens is 184 g/mol. The van der Waals surface area contributed by atoms with E-state index in [-0.39, 0.29) is 11.7 Å². The van der Waals surface area contributed by atoms with Gasteiger partial charge in [0.25, 0.3) is 5.88 Å². The maximum absolute atomic E-state index is 11.1. The predicted octanol–water partition coefficient (Wildman–Crippen LogP) is 0.935. The van der Waals surface area contributed by atoms with Crippen molar-refractivity contribution in [2.24, 2.45) is 5.90 Å². The maximum atomic E-state index is 11.1. The zero-order valence-corrected chi connectivity index (χ0v) is 8.11. The first-order chi connectivity index (χ1) is 6.69. The molecule has 0 saturated carbocycles. The Hall–Kier alpha value is -1.62. The molecule has 0 bridgehead atoms. The summed E-state index contributed by atoms with van der Waals surface area (Å²) in [5, 5.41) is 0. The van der Waals surface area contributed by atoms with Crippen molar-refractivity contribution in [3.63, 3.8) is 0 Å². The van der Waals surface area contributed by atoms with E-state index in [0.717, 1.165) is 0 Å².